The third-order valence-corrected chi connectivity index (χ3v) is 3.76. The molecule has 1 heterocycles. The normalized spacial score (nSPS) is 10.2. The van der Waals surface area contributed by atoms with Gasteiger partial charge >= 0.3 is 0 Å². The molecule has 0 radical (unpaired) electrons. The van der Waals surface area contributed by atoms with Gasteiger partial charge in [0.25, 0.3) is 5.91 Å². The minimum Gasteiger partial charge on any atom is -0.494 e. The van der Waals surface area contributed by atoms with Crippen LogP contribution in [0.25, 0.3) is 0 Å². The van der Waals surface area contributed by atoms with Gasteiger partial charge in [-0.05, 0) is 61.5 Å². The number of nitrogens with zero attached hydrogens (tertiary/aromatic N) is 1. The van der Waals surface area contributed by atoms with Gasteiger partial charge < -0.3 is 15.4 Å². The van der Waals surface area contributed by atoms with Crippen molar-refractivity contribution in [3.05, 3.63) is 77.6 Å². The lowest BCUT2D eigenvalue weighted by Crippen LogP contribution is -2.13. The zero-order valence-corrected chi connectivity index (χ0v) is 15.0. The minimum absolute atomic E-state index is 0.288. The molecular weight excluding hydrogens is 350 g/mol. The molecule has 3 rings (SSSR count). The Kier molecular flexibility index (Phi) is 5.71. The maximum Gasteiger partial charge on any atom is 0.274 e. The van der Waals surface area contributed by atoms with Crippen molar-refractivity contribution >= 4 is 34.6 Å². The van der Waals surface area contributed by atoms with E-state index in [1.54, 1.807) is 36.5 Å². The van der Waals surface area contributed by atoms with Gasteiger partial charge in [-0.3, -0.25) is 9.78 Å². The van der Waals surface area contributed by atoms with Crippen molar-refractivity contribution in [3.8, 4) is 5.75 Å². The number of rotatable bonds is 6. The number of hydrogen-bond acceptors (Lipinski definition) is 4. The average molecular weight is 368 g/mol. The lowest BCUT2D eigenvalue weighted by atomic mass is 10.2. The zero-order valence-electron chi connectivity index (χ0n) is 14.2. The smallest absolute Gasteiger partial charge is 0.274 e. The van der Waals surface area contributed by atoms with Gasteiger partial charge in [0, 0.05) is 28.3 Å². The number of hydrogen-bond donors (Lipinski definition) is 2. The number of carbonyl (C=O) groups excluding carboxylic acids is 1. The molecule has 5 nitrogen and oxygen atoms in total. The number of halogens is 1. The molecule has 26 heavy (non-hydrogen) atoms. The van der Waals surface area contributed by atoms with E-state index in [4.69, 9.17) is 16.3 Å². The van der Waals surface area contributed by atoms with Crippen LogP contribution in [0.2, 0.25) is 5.02 Å². The van der Waals surface area contributed by atoms with Gasteiger partial charge in [0.05, 0.1) is 6.61 Å². The Bertz CT molecular complexity index is 898. The summed E-state index contributed by atoms with van der Waals surface area (Å²) in [6, 6.07) is 18.0. The molecule has 3 aromatic rings. The molecule has 0 aliphatic rings. The van der Waals surface area contributed by atoms with Gasteiger partial charge in [0.2, 0.25) is 0 Å². The van der Waals surface area contributed by atoms with Gasteiger partial charge in [-0.15, -0.1) is 0 Å². The summed E-state index contributed by atoms with van der Waals surface area (Å²) < 4.78 is 5.39. The van der Waals surface area contributed by atoms with Crippen LogP contribution in [0, 0.1) is 0 Å². The molecule has 0 saturated heterocycles. The highest BCUT2D eigenvalue weighted by molar-refractivity contribution is 6.30. The number of benzene rings is 2. The number of aromatic nitrogens is 1. The van der Waals surface area contributed by atoms with E-state index in [2.05, 4.69) is 15.6 Å². The monoisotopic (exact) mass is 367 g/mol. The third-order valence-electron chi connectivity index (χ3n) is 3.53. The summed E-state index contributed by atoms with van der Waals surface area (Å²) in [6.45, 7) is 2.52. The second-order valence-corrected chi connectivity index (χ2v) is 5.91. The van der Waals surface area contributed by atoms with E-state index in [0.717, 1.165) is 17.1 Å². The number of pyridine rings is 1. The first-order chi connectivity index (χ1) is 12.6. The van der Waals surface area contributed by atoms with Crippen LogP contribution in [0.4, 0.5) is 17.1 Å². The lowest BCUT2D eigenvalue weighted by Gasteiger charge is -2.09. The summed E-state index contributed by atoms with van der Waals surface area (Å²) in [5, 5.41) is 6.66. The van der Waals surface area contributed by atoms with Crippen LogP contribution in [0.3, 0.4) is 0 Å². The molecule has 0 aliphatic heterocycles. The van der Waals surface area contributed by atoms with Crippen LogP contribution in [0.1, 0.15) is 17.4 Å². The Morgan fingerprint density at radius 3 is 2.54 bits per heavy atom. The molecular formula is C20H18ClN3O2. The van der Waals surface area contributed by atoms with Crippen LogP contribution in [0.15, 0.2) is 66.9 Å². The van der Waals surface area contributed by atoms with Crippen molar-refractivity contribution in [1.29, 1.82) is 0 Å². The number of carbonyl (C=O) groups is 1. The van der Waals surface area contributed by atoms with E-state index in [1.807, 2.05) is 37.3 Å². The molecule has 0 unspecified atom stereocenters. The van der Waals surface area contributed by atoms with Gasteiger partial charge in [0.1, 0.15) is 11.4 Å². The largest absolute Gasteiger partial charge is 0.494 e. The fourth-order valence-electron chi connectivity index (χ4n) is 2.36. The molecule has 0 atom stereocenters. The predicted octanol–water partition coefficient (Wildman–Crippen LogP) is 5.13. The highest BCUT2D eigenvalue weighted by Crippen LogP contribution is 2.21. The summed E-state index contributed by atoms with van der Waals surface area (Å²) >= 11 is 5.99. The van der Waals surface area contributed by atoms with E-state index in [9.17, 15) is 4.79 Å². The van der Waals surface area contributed by atoms with E-state index in [0.29, 0.717) is 23.0 Å². The minimum atomic E-state index is -0.288. The molecule has 2 aromatic carbocycles. The quantitative estimate of drug-likeness (QED) is 0.634. The molecule has 0 saturated carbocycles. The van der Waals surface area contributed by atoms with Crippen molar-refractivity contribution in [1.82, 2.24) is 4.98 Å². The highest BCUT2D eigenvalue weighted by atomic mass is 35.5. The van der Waals surface area contributed by atoms with Gasteiger partial charge in [0.15, 0.2) is 0 Å². The van der Waals surface area contributed by atoms with E-state index >= 15 is 0 Å². The second kappa shape index (κ2) is 8.36. The highest BCUT2D eigenvalue weighted by Gasteiger charge is 2.09. The zero-order chi connectivity index (χ0) is 18.4. The molecule has 0 aliphatic carbocycles. The van der Waals surface area contributed by atoms with Crippen molar-refractivity contribution < 1.29 is 9.53 Å². The third kappa shape index (κ3) is 4.74. The fourth-order valence-corrected chi connectivity index (χ4v) is 2.55. The Morgan fingerprint density at radius 2 is 1.81 bits per heavy atom. The summed E-state index contributed by atoms with van der Waals surface area (Å²) in [5.74, 6) is 0.472. The van der Waals surface area contributed by atoms with Crippen molar-refractivity contribution in [2.45, 2.75) is 6.92 Å². The first-order valence-electron chi connectivity index (χ1n) is 8.17. The fraction of sp³-hybridized carbons (Fsp3) is 0.100. The molecule has 132 valence electrons. The summed E-state index contributed by atoms with van der Waals surface area (Å²) in [7, 11) is 0. The predicted molar refractivity (Wildman–Crippen MR) is 105 cm³/mol. The van der Waals surface area contributed by atoms with Crippen LogP contribution < -0.4 is 15.4 Å². The summed E-state index contributed by atoms with van der Waals surface area (Å²) in [5.41, 5.74) is 2.57. The topological polar surface area (TPSA) is 63.2 Å². The molecule has 1 amide bonds. The maximum absolute atomic E-state index is 12.4. The lowest BCUT2D eigenvalue weighted by molar-refractivity contribution is 0.102. The van der Waals surface area contributed by atoms with Crippen molar-refractivity contribution in [2.24, 2.45) is 0 Å². The summed E-state index contributed by atoms with van der Waals surface area (Å²) in [4.78, 5) is 16.6. The second-order valence-electron chi connectivity index (χ2n) is 5.48. The molecule has 6 heteroatoms. The van der Waals surface area contributed by atoms with Gasteiger partial charge in [-0.25, -0.2) is 0 Å². The number of anilines is 3. The Balaban J connectivity index is 1.69. The first kappa shape index (κ1) is 17.8. The van der Waals surface area contributed by atoms with Crippen molar-refractivity contribution in [2.75, 3.05) is 17.2 Å². The Hall–Kier alpha value is -3.05. The van der Waals surface area contributed by atoms with Crippen LogP contribution in [-0.4, -0.2) is 17.5 Å². The molecule has 0 spiro atoms. The summed E-state index contributed by atoms with van der Waals surface area (Å²) in [6.07, 6.45) is 1.58. The standard InChI is InChI=1S/C20H18ClN3O2/c1-2-26-18-8-6-15(7-9-18)24-20(25)19-13-17(10-11-22-19)23-16-5-3-4-14(21)12-16/h3-13H,2H2,1H3,(H,22,23)(H,24,25). The molecule has 0 bridgehead atoms. The first-order valence-corrected chi connectivity index (χ1v) is 8.54. The van der Waals surface area contributed by atoms with Crippen LogP contribution >= 0.6 is 11.6 Å². The van der Waals surface area contributed by atoms with Crippen LogP contribution in [-0.2, 0) is 0 Å². The SMILES string of the molecule is CCOc1ccc(NC(=O)c2cc(Nc3cccc(Cl)c3)ccn2)cc1. The Labute approximate surface area is 157 Å². The molecule has 1 aromatic heterocycles. The Morgan fingerprint density at radius 1 is 1.04 bits per heavy atom. The van der Waals surface area contributed by atoms with Crippen molar-refractivity contribution in [3.63, 3.8) is 0 Å². The maximum atomic E-state index is 12.4. The van der Waals surface area contributed by atoms with Gasteiger partial charge in [-0.1, -0.05) is 17.7 Å². The van der Waals surface area contributed by atoms with E-state index in [1.165, 1.54) is 0 Å². The number of nitrogens with one attached hydrogen (secondary N) is 2. The van der Waals surface area contributed by atoms with E-state index in [-0.39, 0.29) is 5.91 Å². The molecule has 2 N–H and O–H groups in total. The van der Waals surface area contributed by atoms with Gasteiger partial charge in [-0.2, -0.15) is 0 Å². The van der Waals surface area contributed by atoms with Crippen LogP contribution in [0.5, 0.6) is 5.75 Å². The number of ether oxygens (including phenoxy) is 1. The number of amides is 1. The molecule has 0 fully saturated rings. The average Bonchev–Trinajstić information content (AvgIpc) is 2.64. The van der Waals surface area contributed by atoms with E-state index < -0.39 is 0 Å².